The van der Waals surface area contributed by atoms with E-state index in [-0.39, 0.29) is 0 Å². The molecule has 22 heavy (non-hydrogen) atoms. The van der Waals surface area contributed by atoms with Crippen LogP contribution < -0.4 is 0 Å². The minimum Gasteiger partial charge on any atom is -0.340 e. The lowest BCUT2D eigenvalue weighted by molar-refractivity contribution is 0.195. The third-order valence-electron chi connectivity index (χ3n) is 4.18. The summed E-state index contributed by atoms with van der Waals surface area (Å²) in [7, 11) is 0. The maximum absolute atomic E-state index is 5.11. The second-order valence-electron chi connectivity index (χ2n) is 5.79. The molecule has 0 saturated carbocycles. The van der Waals surface area contributed by atoms with E-state index in [1.165, 1.54) is 0 Å². The Bertz CT molecular complexity index is 781. The van der Waals surface area contributed by atoms with Crippen LogP contribution in [0.3, 0.4) is 0 Å². The molecule has 7 heteroatoms. The first-order valence-corrected chi connectivity index (χ1v) is 7.52. The number of aryl methyl sites for hydroxylation is 1. The van der Waals surface area contributed by atoms with Crippen LogP contribution in [-0.2, 0) is 6.54 Å². The van der Waals surface area contributed by atoms with Crippen molar-refractivity contribution in [3.8, 4) is 0 Å². The Kier molecular flexibility index (Phi) is 3.34. The summed E-state index contributed by atoms with van der Waals surface area (Å²) >= 11 is 0. The maximum Gasteiger partial charge on any atom is 0.223 e. The molecule has 0 unspecified atom stereocenters. The Balaban J connectivity index is 1.52. The third kappa shape index (κ3) is 2.48. The number of fused-ring (bicyclic) bond motifs is 1. The van der Waals surface area contributed by atoms with Gasteiger partial charge in [-0.2, -0.15) is 4.98 Å². The summed E-state index contributed by atoms with van der Waals surface area (Å²) in [6.07, 6.45) is 2.23. The van der Waals surface area contributed by atoms with Gasteiger partial charge in [0, 0.05) is 25.9 Å². The van der Waals surface area contributed by atoms with Gasteiger partial charge in [-0.15, -0.1) is 0 Å². The molecule has 0 N–H and O–H groups in total. The molecule has 1 atom stereocenters. The predicted octanol–water partition coefficient (Wildman–Crippen LogP) is 2.29. The molecular weight excluding hydrogens is 282 g/mol. The maximum atomic E-state index is 5.11. The molecule has 3 aromatic rings. The standard InChI is InChI=1S/C15H17N5O2/c1-10-16-15(19-21-10)12-5-3-7-20(9-12)8-11-4-2-6-13-14(11)18-22-17-13/h2,4,6,12H,3,5,7-9H2,1H3/t12-/m1/s1. The molecule has 1 saturated heterocycles. The first-order chi connectivity index (χ1) is 10.8. The molecule has 7 nitrogen and oxygen atoms in total. The number of piperidine rings is 1. The van der Waals surface area contributed by atoms with Crippen LogP contribution in [0, 0.1) is 6.92 Å². The van der Waals surface area contributed by atoms with Crippen molar-refractivity contribution in [2.24, 2.45) is 0 Å². The SMILES string of the molecule is Cc1nc([C@@H]2CCCN(Cc3cccc4nonc34)C2)no1. The van der Waals surface area contributed by atoms with Crippen LogP contribution in [0.4, 0.5) is 0 Å². The highest BCUT2D eigenvalue weighted by atomic mass is 16.6. The van der Waals surface area contributed by atoms with Gasteiger partial charge in [-0.25, -0.2) is 4.63 Å². The number of nitrogens with zero attached hydrogens (tertiary/aromatic N) is 5. The lowest BCUT2D eigenvalue weighted by Crippen LogP contribution is -2.34. The number of benzene rings is 1. The highest BCUT2D eigenvalue weighted by Crippen LogP contribution is 2.26. The highest BCUT2D eigenvalue weighted by Gasteiger charge is 2.25. The number of likely N-dealkylation sites (tertiary alicyclic amines) is 1. The molecule has 114 valence electrons. The van der Waals surface area contributed by atoms with Crippen LogP contribution in [-0.4, -0.2) is 38.4 Å². The fourth-order valence-electron chi connectivity index (χ4n) is 3.12. The average Bonchev–Trinajstić information content (AvgIpc) is 3.17. The van der Waals surface area contributed by atoms with Crippen molar-refractivity contribution < 1.29 is 9.15 Å². The molecule has 0 spiro atoms. The second-order valence-corrected chi connectivity index (χ2v) is 5.79. The summed E-state index contributed by atoms with van der Waals surface area (Å²) < 4.78 is 9.95. The van der Waals surface area contributed by atoms with Crippen molar-refractivity contribution in [2.75, 3.05) is 13.1 Å². The van der Waals surface area contributed by atoms with E-state index in [4.69, 9.17) is 9.15 Å². The van der Waals surface area contributed by atoms with E-state index in [9.17, 15) is 0 Å². The fourth-order valence-corrected chi connectivity index (χ4v) is 3.12. The van der Waals surface area contributed by atoms with Crippen LogP contribution in [0.2, 0.25) is 0 Å². The van der Waals surface area contributed by atoms with Crippen molar-refractivity contribution in [3.05, 3.63) is 35.5 Å². The van der Waals surface area contributed by atoms with Crippen LogP contribution in [0.5, 0.6) is 0 Å². The largest absolute Gasteiger partial charge is 0.340 e. The monoisotopic (exact) mass is 299 g/mol. The third-order valence-corrected chi connectivity index (χ3v) is 4.18. The Hall–Kier alpha value is -2.28. The Morgan fingerprint density at radius 2 is 2.23 bits per heavy atom. The van der Waals surface area contributed by atoms with Gasteiger partial charge < -0.3 is 4.52 Å². The van der Waals surface area contributed by atoms with E-state index >= 15 is 0 Å². The van der Waals surface area contributed by atoms with Crippen LogP contribution in [0.15, 0.2) is 27.4 Å². The minimum absolute atomic E-state index is 0.334. The van der Waals surface area contributed by atoms with Gasteiger partial charge in [-0.1, -0.05) is 17.3 Å². The molecule has 4 rings (SSSR count). The minimum atomic E-state index is 0.334. The van der Waals surface area contributed by atoms with Crippen LogP contribution in [0.25, 0.3) is 11.0 Å². The number of aromatic nitrogens is 4. The van der Waals surface area contributed by atoms with Gasteiger partial charge in [0.25, 0.3) is 0 Å². The van der Waals surface area contributed by atoms with E-state index in [0.717, 1.165) is 54.9 Å². The van der Waals surface area contributed by atoms with Crippen LogP contribution in [0.1, 0.15) is 36.0 Å². The van der Waals surface area contributed by atoms with Crippen molar-refractivity contribution in [2.45, 2.75) is 32.2 Å². The molecule has 1 aliphatic rings. The van der Waals surface area contributed by atoms with Gasteiger partial charge in [0.1, 0.15) is 11.0 Å². The van der Waals surface area contributed by atoms with Crippen LogP contribution >= 0.6 is 0 Å². The molecule has 3 heterocycles. The zero-order valence-corrected chi connectivity index (χ0v) is 12.4. The Morgan fingerprint density at radius 3 is 3.09 bits per heavy atom. The lowest BCUT2D eigenvalue weighted by atomic mass is 9.97. The molecule has 0 amide bonds. The topological polar surface area (TPSA) is 81.1 Å². The number of hydrogen-bond acceptors (Lipinski definition) is 7. The molecular formula is C15H17N5O2. The van der Waals surface area contributed by atoms with Gasteiger partial charge >= 0.3 is 0 Å². The summed E-state index contributed by atoms with van der Waals surface area (Å²) in [4.78, 5) is 6.78. The van der Waals surface area contributed by atoms with Gasteiger partial charge in [0.05, 0.1) is 0 Å². The second kappa shape index (κ2) is 5.49. The molecule has 0 radical (unpaired) electrons. The van der Waals surface area contributed by atoms with Crippen molar-refractivity contribution in [1.29, 1.82) is 0 Å². The normalized spacial score (nSPS) is 19.8. The van der Waals surface area contributed by atoms with E-state index in [1.54, 1.807) is 0 Å². The van der Waals surface area contributed by atoms with Gasteiger partial charge in [-0.05, 0) is 41.3 Å². The Labute approximate surface area is 127 Å². The zero-order valence-electron chi connectivity index (χ0n) is 12.4. The summed E-state index contributed by atoms with van der Waals surface area (Å²) in [5, 5.41) is 12.0. The van der Waals surface area contributed by atoms with Crippen molar-refractivity contribution >= 4 is 11.0 Å². The first-order valence-electron chi connectivity index (χ1n) is 7.52. The van der Waals surface area contributed by atoms with E-state index in [2.05, 4.69) is 31.4 Å². The zero-order chi connectivity index (χ0) is 14.9. The van der Waals surface area contributed by atoms with Crippen molar-refractivity contribution in [1.82, 2.24) is 25.4 Å². The quantitative estimate of drug-likeness (QED) is 0.734. The molecule has 1 aliphatic heterocycles. The molecule has 0 bridgehead atoms. The molecule has 1 aromatic carbocycles. The van der Waals surface area contributed by atoms with E-state index < -0.39 is 0 Å². The molecule has 1 fully saturated rings. The predicted molar refractivity (Wildman–Crippen MR) is 78.1 cm³/mol. The first kappa shape index (κ1) is 13.4. The Morgan fingerprint density at radius 1 is 1.27 bits per heavy atom. The highest BCUT2D eigenvalue weighted by molar-refractivity contribution is 5.76. The van der Waals surface area contributed by atoms with E-state index in [0.29, 0.717) is 11.8 Å². The average molecular weight is 299 g/mol. The fraction of sp³-hybridized carbons (Fsp3) is 0.467. The number of hydrogen-bond donors (Lipinski definition) is 0. The summed E-state index contributed by atoms with van der Waals surface area (Å²) in [6.45, 7) is 4.66. The molecule has 0 aliphatic carbocycles. The van der Waals surface area contributed by atoms with Gasteiger partial charge in [0.2, 0.25) is 5.89 Å². The summed E-state index contributed by atoms with van der Waals surface area (Å²) in [5.41, 5.74) is 2.79. The smallest absolute Gasteiger partial charge is 0.223 e. The summed E-state index contributed by atoms with van der Waals surface area (Å²) in [5.74, 6) is 1.79. The molecule has 2 aromatic heterocycles. The number of rotatable bonds is 3. The van der Waals surface area contributed by atoms with Crippen molar-refractivity contribution in [3.63, 3.8) is 0 Å². The van der Waals surface area contributed by atoms with E-state index in [1.807, 2.05) is 19.1 Å². The van der Waals surface area contributed by atoms with Gasteiger partial charge in [-0.3, -0.25) is 4.90 Å². The lowest BCUT2D eigenvalue weighted by Gasteiger charge is -2.31. The van der Waals surface area contributed by atoms with Gasteiger partial charge in [0.15, 0.2) is 5.82 Å². The summed E-state index contributed by atoms with van der Waals surface area (Å²) in [6, 6.07) is 5.98.